The predicted octanol–water partition coefficient (Wildman–Crippen LogP) is 3.31. The number of aromatic nitrogens is 1. The van der Waals surface area contributed by atoms with Crippen molar-refractivity contribution in [1.29, 1.82) is 0 Å². The summed E-state index contributed by atoms with van der Waals surface area (Å²) in [4.78, 5) is 22.6. The van der Waals surface area contributed by atoms with Gasteiger partial charge in [-0.05, 0) is 44.7 Å². The van der Waals surface area contributed by atoms with Gasteiger partial charge in [-0.1, -0.05) is 12.1 Å². The summed E-state index contributed by atoms with van der Waals surface area (Å²) in [5, 5.41) is 3.70. The Morgan fingerprint density at radius 1 is 1.30 bits per heavy atom. The number of nitrogens with zero attached hydrogens (tertiary/aromatic N) is 3. The average Bonchev–Trinajstić information content (AvgIpc) is 3.06. The van der Waals surface area contributed by atoms with E-state index in [4.69, 9.17) is 0 Å². The van der Waals surface area contributed by atoms with Crippen molar-refractivity contribution in [2.24, 2.45) is 0 Å². The Bertz CT molecular complexity index is 801. The van der Waals surface area contributed by atoms with Crippen LogP contribution in [0.15, 0.2) is 24.3 Å². The van der Waals surface area contributed by atoms with E-state index in [1.54, 1.807) is 17.4 Å². The second-order valence-corrected chi connectivity index (χ2v) is 8.44. The molecule has 0 saturated carbocycles. The van der Waals surface area contributed by atoms with Crippen LogP contribution in [0.4, 0.5) is 15.2 Å². The molecule has 1 N–H and O–H groups in total. The molecule has 0 spiro atoms. The van der Waals surface area contributed by atoms with Crippen LogP contribution in [0.1, 0.15) is 30.3 Å². The first-order chi connectivity index (χ1) is 13.1. The number of hydrogen-bond donors (Lipinski definition) is 1. The van der Waals surface area contributed by atoms with Crippen molar-refractivity contribution < 1.29 is 9.18 Å². The Hall–Kier alpha value is -1.99. The van der Waals surface area contributed by atoms with Gasteiger partial charge in [-0.2, -0.15) is 0 Å². The number of rotatable bonds is 4. The van der Waals surface area contributed by atoms with E-state index in [0.717, 1.165) is 30.2 Å². The van der Waals surface area contributed by atoms with E-state index in [2.05, 4.69) is 27.0 Å². The van der Waals surface area contributed by atoms with Crippen LogP contribution in [-0.2, 0) is 17.6 Å². The fourth-order valence-electron chi connectivity index (χ4n) is 3.91. The van der Waals surface area contributed by atoms with Gasteiger partial charge in [-0.3, -0.25) is 9.69 Å². The minimum Gasteiger partial charge on any atom is -0.366 e. The van der Waals surface area contributed by atoms with Crippen molar-refractivity contribution in [3.63, 3.8) is 0 Å². The average molecular weight is 389 g/mol. The van der Waals surface area contributed by atoms with E-state index in [9.17, 15) is 9.18 Å². The highest BCUT2D eigenvalue weighted by atomic mass is 32.1. The zero-order valence-corrected chi connectivity index (χ0v) is 16.4. The topological polar surface area (TPSA) is 48.5 Å². The van der Waals surface area contributed by atoms with Gasteiger partial charge >= 0.3 is 0 Å². The number of anilines is 2. The molecule has 1 aliphatic carbocycles. The van der Waals surface area contributed by atoms with Gasteiger partial charge in [0.15, 0.2) is 5.13 Å². The third-order valence-electron chi connectivity index (χ3n) is 5.40. The second-order valence-electron chi connectivity index (χ2n) is 7.36. The third kappa shape index (κ3) is 4.14. The van der Waals surface area contributed by atoms with Crippen LogP contribution < -0.4 is 10.2 Å². The molecule has 4 rings (SSSR count). The number of aryl methyl sites for hydroxylation is 2. The summed E-state index contributed by atoms with van der Waals surface area (Å²) in [6, 6.07) is 7.05. The maximum atomic E-state index is 14.0. The molecule has 7 heteroatoms. The first-order valence-electron chi connectivity index (χ1n) is 9.62. The Morgan fingerprint density at radius 3 is 2.89 bits per heavy atom. The lowest BCUT2D eigenvalue weighted by atomic mass is 10.0. The van der Waals surface area contributed by atoms with Gasteiger partial charge in [-0.15, -0.1) is 11.3 Å². The molecule has 1 aromatic heterocycles. The van der Waals surface area contributed by atoms with Gasteiger partial charge in [0, 0.05) is 30.6 Å². The summed E-state index contributed by atoms with van der Waals surface area (Å²) in [7, 11) is 0. The van der Waals surface area contributed by atoms with Crippen molar-refractivity contribution in [3.8, 4) is 0 Å². The van der Waals surface area contributed by atoms with Crippen LogP contribution >= 0.6 is 11.3 Å². The molecule has 1 fully saturated rings. The van der Waals surface area contributed by atoms with Crippen LogP contribution in [0, 0.1) is 5.82 Å². The number of carbonyl (C=O) groups is 1. The van der Waals surface area contributed by atoms with Crippen molar-refractivity contribution in [1.82, 2.24) is 9.88 Å². The van der Waals surface area contributed by atoms with Gasteiger partial charge in [0.05, 0.1) is 17.9 Å². The standard InChI is InChI=1S/C20H25FN4OS/c1-14-12-25(17-8-4-2-6-15(17)21)11-10-24(14)13-19(26)23-20-22-16-7-3-5-9-18(16)27-20/h2,4,6,8,14H,3,5,7,9-13H2,1H3,(H,22,23,26). The van der Waals surface area contributed by atoms with Crippen molar-refractivity contribution in [3.05, 3.63) is 40.7 Å². The molecule has 1 saturated heterocycles. The molecule has 1 atom stereocenters. The molecule has 27 heavy (non-hydrogen) atoms. The molecule has 1 aromatic carbocycles. The normalized spacial score (nSPS) is 20.4. The van der Waals surface area contributed by atoms with Gasteiger partial charge in [0.25, 0.3) is 0 Å². The fourth-order valence-corrected chi connectivity index (χ4v) is 4.97. The number of carbonyl (C=O) groups excluding carboxylic acids is 1. The lowest BCUT2D eigenvalue weighted by Gasteiger charge is -2.40. The summed E-state index contributed by atoms with van der Waals surface area (Å²) in [5.41, 5.74) is 1.80. The lowest BCUT2D eigenvalue weighted by Crippen LogP contribution is -2.54. The molecule has 5 nitrogen and oxygen atoms in total. The SMILES string of the molecule is CC1CN(c2ccccc2F)CCN1CC(=O)Nc1nc2c(s1)CCCC2. The molecule has 2 aliphatic rings. The molecule has 1 aliphatic heterocycles. The highest BCUT2D eigenvalue weighted by Gasteiger charge is 2.27. The van der Waals surface area contributed by atoms with E-state index in [0.29, 0.717) is 25.3 Å². The molecular formula is C20H25FN4OS. The number of amides is 1. The van der Waals surface area contributed by atoms with Crippen molar-refractivity contribution in [2.45, 2.75) is 38.6 Å². The van der Waals surface area contributed by atoms with Crippen molar-refractivity contribution in [2.75, 3.05) is 36.4 Å². The zero-order chi connectivity index (χ0) is 18.8. The molecule has 1 amide bonds. The first kappa shape index (κ1) is 18.4. The Labute approximate surface area is 163 Å². The number of para-hydroxylation sites is 1. The predicted molar refractivity (Wildman–Crippen MR) is 107 cm³/mol. The second kappa shape index (κ2) is 7.94. The van der Waals surface area contributed by atoms with E-state index in [-0.39, 0.29) is 17.8 Å². The molecule has 144 valence electrons. The Morgan fingerprint density at radius 2 is 2.11 bits per heavy atom. The fraction of sp³-hybridized carbons (Fsp3) is 0.500. The number of thiazole rings is 1. The molecular weight excluding hydrogens is 363 g/mol. The maximum Gasteiger partial charge on any atom is 0.240 e. The maximum absolute atomic E-state index is 14.0. The van der Waals surface area contributed by atoms with Crippen molar-refractivity contribution >= 4 is 28.1 Å². The first-order valence-corrected chi connectivity index (χ1v) is 10.4. The van der Waals surface area contributed by atoms with Crippen LogP contribution in [0.25, 0.3) is 0 Å². The zero-order valence-electron chi connectivity index (χ0n) is 15.6. The summed E-state index contributed by atoms with van der Waals surface area (Å²) in [5.74, 6) is -0.212. The van der Waals surface area contributed by atoms with E-state index >= 15 is 0 Å². The largest absolute Gasteiger partial charge is 0.366 e. The molecule has 2 heterocycles. The summed E-state index contributed by atoms with van der Waals surface area (Å²) >= 11 is 1.61. The molecule has 0 bridgehead atoms. The Balaban J connectivity index is 1.33. The number of halogens is 1. The number of benzene rings is 1. The number of nitrogens with one attached hydrogen (secondary N) is 1. The highest BCUT2D eigenvalue weighted by molar-refractivity contribution is 7.15. The number of fused-ring (bicyclic) bond motifs is 1. The molecule has 1 unspecified atom stereocenters. The minimum atomic E-state index is -0.191. The summed E-state index contributed by atoms with van der Waals surface area (Å²) < 4.78 is 14.0. The van der Waals surface area contributed by atoms with Gasteiger partial charge in [0.1, 0.15) is 5.82 Å². The summed E-state index contributed by atoms with van der Waals surface area (Å²) in [6.45, 7) is 4.58. The molecule has 0 radical (unpaired) electrons. The summed E-state index contributed by atoms with van der Waals surface area (Å²) in [6.07, 6.45) is 4.51. The monoisotopic (exact) mass is 388 g/mol. The van der Waals surface area contributed by atoms with E-state index in [1.807, 2.05) is 12.1 Å². The smallest absolute Gasteiger partial charge is 0.240 e. The van der Waals surface area contributed by atoms with Gasteiger partial charge in [0.2, 0.25) is 5.91 Å². The Kier molecular flexibility index (Phi) is 5.41. The van der Waals surface area contributed by atoms with Crippen LogP contribution in [0.3, 0.4) is 0 Å². The van der Waals surface area contributed by atoms with Crippen LogP contribution in [-0.4, -0.2) is 48.0 Å². The highest BCUT2D eigenvalue weighted by Crippen LogP contribution is 2.29. The number of hydrogen-bond acceptors (Lipinski definition) is 5. The van der Waals surface area contributed by atoms with Gasteiger partial charge < -0.3 is 10.2 Å². The van der Waals surface area contributed by atoms with Gasteiger partial charge in [-0.25, -0.2) is 9.37 Å². The number of piperazine rings is 1. The van der Waals surface area contributed by atoms with E-state index in [1.165, 1.54) is 23.8 Å². The lowest BCUT2D eigenvalue weighted by molar-refractivity contribution is -0.117. The van der Waals surface area contributed by atoms with E-state index < -0.39 is 0 Å². The quantitative estimate of drug-likeness (QED) is 0.873. The third-order valence-corrected chi connectivity index (χ3v) is 6.47. The molecule has 2 aromatic rings. The minimum absolute atomic E-state index is 0.0210. The van der Waals surface area contributed by atoms with Crippen LogP contribution in [0.2, 0.25) is 0 Å². The van der Waals surface area contributed by atoms with Crippen LogP contribution in [0.5, 0.6) is 0 Å².